The smallest absolute Gasteiger partial charge is 0.465 e. The molecule has 0 rings (SSSR count). The molecule has 18 heteroatoms. The van der Waals surface area contributed by atoms with Gasteiger partial charge in [0.15, 0.2) is 55.3 Å². The van der Waals surface area contributed by atoms with E-state index in [2.05, 4.69) is 118 Å². The highest BCUT2D eigenvalue weighted by atomic mass is 28.5. The second kappa shape index (κ2) is 18.7. The van der Waals surface area contributed by atoms with Crippen LogP contribution < -0.4 is 0 Å². The Morgan fingerprint density at radius 3 is 0.776 bits per heavy atom. The van der Waals surface area contributed by atoms with Gasteiger partial charge in [-0.3, -0.25) is 9.59 Å². The van der Waals surface area contributed by atoms with Crippen molar-refractivity contribution in [3.05, 3.63) is 0 Å². The highest BCUT2D eigenvalue weighted by Crippen LogP contribution is 2.34. The molecular weight excluding hydrogens is 757 g/mol. The van der Waals surface area contributed by atoms with E-state index in [4.69, 9.17) is 34.2 Å². The molecule has 0 spiro atoms. The molecule has 0 aliphatic carbocycles. The van der Waals surface area contributed by atoms with Crippen molar-refractivity contribution in [1.82, 2.24) is 0 Å². The van der Waals surface area contributed by atoms with Crippen LogP contribution in [0.25, 0.3) is 0 Å². The maximum Gasteiger partial charge on any atom is 0.469 e. The van der Waals surface area contributed by atoms with Gasteiger partial charge < -0.3 is 34.2 Å². The molecule has 0 amide bonds. The van der Waals surface area contributed by atoms with Crippen molar-refractivity contribution in [2.45, 2.75) is 169 Å². The fourth-order valence-electron chi connectivity index (χ4n) is 5.32. The van der Waals surface area contributed by atoms with Crippen LogP contribution in [0.4, 0.5) is 0 Å². The summed E-state index contributed by atoms with van der Waals surface area (Å²) in [5.41, 5.74) is -1.38. The maximum absolute atomic E-state index is 13.6. The molecule has 0 fully saturated rings. The van der Waals surface area contributed by atoms with Crippen LogP contribution >= 0.6 is 0 Å². The first-order valence-corrected chi connectivity index (χ1v) is 42.5. The van der Waals surface area contributed by atoms with E-state index in [1.807, 2.05) is 13.8 Å². The minimum atomic E-state index is -3.06. The van der Waals surface area contributed by atoms with Gasteiger partial charge >= 0.3 is 29.5 Å². The molecule has 10 nitrogen and oxygen atoms in total. The van der Waals surface area contributed by atoms with Crippen LogP contribution in [0.2, 0.25) is 130 Å². The van der Waals surface area contributed by atoms with Crippen LogP contribution in [-0.4, -0.2) is 92.7 Å². The van der Waals surface area contributed by atoms with E-state index in [1.165, 1.54) is 0 Å². The molecule has 0 saturated heterocycles. The van der Waals surface area contributed by atoms with Crippen LogP contribution in [0.1, 0.15) is 39.5 Å². The number of carbonyl (C=O) groups excluding carboxylic acids is 2. The van der Waals surface area contributed by atoms with Gasteiger partial charge in [0.25, 0.3) is 0 Å². The van der Waals surface area contributed by atoms with Gasteiger partial charge in [0, 0.05) is 12.1 Å². The highest BCUT2D eigenvalue weighted by molar-refractivity contribution is 6.91. The summed E-state index contributed by atoms with van der Waals surface area (Å²) in [6.45, 7) is 42.7. The zero-order valence-corrected chi connectivity index (χ0v) is 43.2. The number of esters is 2. The van der Waals surface area contributed by atoms with Gasteiger partial charge in [-0.1, -0.05) is 13.8 Å². The molecule has 49 heavy (non-hydrogen) atoms. The van der Waals surface area contributed by atoms with Crippen LogP contribution in [0.15, 0.2) is 0 Å². The summed E-state index contributed by atoms with van der Waals surface area (Å²) in [6, 6.07) is 1.11. The van der Waals surface area contributed by atoms with Crippen LogP contribution in [0.5, 0.6) is 0 Å². The zero-order chi connectivity index (χ0) is 39.0. The quantitative estimate of drug-likeness (QED) is 0.0404. The third kappa shape index (κ3) is 21.1. The standard InChI is InChI=1S/C31H76O10Si8/c1-21-31(22-2,29(32)34-25-23-27-48(36-42(3,4)5,37-43(6,7)8)38-44(9,10)11)30(33)35-26-24-28-49(39-45(12,13)14,40-46(15,16)17)41-47(18,19)20/h21-28H2,1-20H3. The third-order valence-corrected chi connectivity index (χ3v) is 30.6. The molecular formula is C31H76O10Si8. The highest BCUT2D eigenvalue weighted by Gasteiger charge is 2.52. The molecule has 0 radical (unpaired) electrons. The summed E-state index contributed by atoms with van der Waals surface area (Å²) in [5, 5.41) is 0. The summed E-state index contributed by atoms with van der Waals surface area (Å²) in [7, 11) is -18.3. The monoisotopic (exact) mass is 832 g/mol. The van der Waals surface area contributed by atoms with Gasteiger partial charge in [-0.15, -0.1) is 0 Å². The molecule has 0 atom stereocenters. The summed E-state index contributed by atoms with van der Waals surface area (Å²) >= 11 is 0. The van der Waals surface area contributed by atoms with Crippen molar-refractivity contribution < 1.29 is 43.8 Å². The minimum Gasteiger partial charge on any atom is -0.465 e. The summed E-state index contributed by atoms with van der Waals surface area (Å²) in [5.74, 6) is -1.10. The van der Waals surface area contributed by atoms with Gasteiger partial charge in [0.2, 0.25) is 0 Å². The van der Waals surface area contributed by atoms with Crippen LogP contribution in [0, 0.1) is 5.41 Å². The second-order valence-electron chi connectivity index (χ2n) is 18.9. The summed E-state index contributed by atoms with van der Waals surface area (Å²) in [6.07, 6.45) is 1.61. The normalized spacial score (nSPS) is 14.6. The van der Waals surface area contributed by atoms with Gasteiger partial charge in [0.1, 0.15) is 0 Å². The Kier molecular flexibility index (Phi) is 18.8. The second-order valence-corrected chi connectivity index (χ2v) is 52.9. The van der Waals surface area contributed by atoms with Crippen molar-refractivity contribution >= 4 is 79.5 Å². The number of hydrogen-bond acceptors (Lipinski definition) is 10. The van der Waals surface area contributed by atoms with E-state index in [0.717, 1.165) is 0 Å². The van der Waals surface area contributed by atoms with E-state index in [0.29, 0.717) is 24.9 Å². The summed E-state index contributed by atoms with van der Waals surface area (Å²) in [4.78, 5) is 27.2. The average molecular weight is 834 g/mol. The molecule has 0 bridgehead atoms. The topological polar surface area (TPSA) is 108 Å². The lowest BCUT2D eigenvalue weighted by Crippen LogP contribution is -2.60. The number of carbonyl (C=O) groups is 2. The lowest BCUT2D eigenvalue weighted by atomic mass is 9.82. The van der Waals surface area contributed by atoms with E-state index in [9.17, 15) is 9.59 Å². The lowest BCUT2D eigenvalue weighted by Gasteiger charge is -2.43. The van der Waals surface area contributed by atoms with E-state index < -0.39 is 84.9 Å². The molecule has 0 unspecified atom stereocenters. The van der Waals surface area contributed by atoms with Gasteiger partial charge in [-0.25, -0.2) is 0 Å². The Bertz CT molecular complexity index is 872. The first-order valence-electron chi connectivity index (χ1n) is 18.2. The third-order valence-electron chi connectivity index (χ3n) is 6.48. The number of rotatable bonds is 24. The first-order chi connectivity index (χ1) is 21.6. The average Bonchev–Trinajstić information content (AvgIpc) is 2.79. The van der Waals surface area contributed by atoms with Crippen molar-refractivity contribution in [1.29, 1.82) is 0 Å². The Labute approximate surface area is 309 Å². The molecule has 0 aromatic heterocycles. The minimum absolute atomic E-state index is 0.145. The largest absolute Gasteiger partial charge is 0.469 e. The first kappa shape index (κ1) is 49.4. The molecule has 292 valence electrons. The number of ether oxygens (including phenoxy) is 2. The Morgan fingerprint density at radius 2 is 0.612 bits per heavy atom. The molecule has 0 aromatic rings. The SMILES string of the molecule is CCC(CC)(C(=O)OCCC[Si](O[Si](C)(C)C)(O[Si](C)(C)C)O[Si](C)(C)C)C(=O)OCCC[Si](O[Si](C)(C)C)(O[Si](C)(C)C)O[Si](C)(C)C. The predicted octanol–water partition coefficient (Wildman–Crippen LogP) is 9.65. The summed E-state index contributed by atoms with van der Waals surface area (Å²) < 4.78 is 52.2. The molecule has 0 aliphatic rings. The Hall–Kier alpha value is 0.435. The van der Waals surface area contributed by atoms with Crippen molar-refractivity contribution in [3.8, 4) is 0 Å². The zero-order valence-electron chi connectivity index (χ0n) is 35.2. The molecule has 0 heterocycles. The number of hydrogen-bond donors (Lipinski definition) is 0. The lowest BCUT2D eigenvalue weighted by molar-refractivity contribution is -0.173. The maximum atomic E-state index is 13.6. The molecule has 0 N–H and O–H groups in total. The Balaban J connectivity index is 5.82. The van der Waals surface area contributed by atoms with Crippen molar-refractivity contribution in [2.75, 3.05) is 13.2 Å². The fraction of sp³-hybridized carbons (Fsp3) is 0.935. The van der Waals surface area contributed by atoms with E-state index in [1.54, 1.807) is 0 Å². The van der Waals surface area contributed by atoms with Crippen molar-refractivity contribution in [2.24, 2.45) is 5.41 Å². The molecule has 0 saturated carbocycles. The molecule has 0 aromatic carbocycles. The van der Waals surface area contributed by atoms with Crippen molar-refractivity contribution in [3.63, 3.8) is 0 Å². The fourth-order valence-corrected chi connectivity index (χ4v) is 34.6. The van der Waals surface area contributed by atoms with Gasteiger partial charge in [0.05, 0.1) is 13.2 Å². The van der Waals surface area contributed by atoms with Crippen LogP contribution in [-0.2, 0) is 43.8 Å². The molecule has 0 aliphatic heterocycles. The van der Waals surface area contributed by atoms with E-state index in [-0.39, 0.29) is 26.1 Å². The van der Waals surface area contributed by atoms with Gasteiger partial charge in [-0.05, 0) is 144 Å². The Morgan fingerprint density at radius 1 is 0.408 bits per heavy atom. The van der Waals surface area contributed by atoms with Crippen LogP contribution in [0.3, 0.4) is 0 Å². The van der Waals surface area contributed by atoms with E-state index >= 15 is 0 Å². The predicted molar refractivity (Wildman–Crippen MR) is 222 cm³/mol. The van der Waals surface area contributed by atoms with Gasteiger partial charge in [-0.2, -0.15) is 0 Å².